The van der Waals surface area contributed by atoms with Crippen LogP contribution in [0.2, 0.25) is 0 Å². The van der Waals surface area contributed by atoms with Gasteiger partial charge in [-0.05, 0) is 50.6 Å². The molecule has 1 atom stereocenters. The molecule has 4 nitrogen and oxygen atoms in total. The van der Waals surface area contributed by atoms with E-state index in [4.69, 9.17) is 0 Å². The van der Waals surface area contributed by atoms with Gasteiger partial charge < -0.3 is 15.3 Å². The molecule has 104 valence electrons. The van der Waals surface area contributed by atoms with E-state index in [1.54, 1.807) is 11.9 Å². The van der Waals surface area contributed by atoms with Crippen LogP contribution in [0.4, 0.5) is 4.39 Å². The lowest BCUT2D eigenvalue weighted by Gasteiger charge is -2.27. The topological polar surface area (TPSA) is 52.6 Å². The van der Waals surface area contributed by atoms with Gasteiger partial charge >= 0.3 is 0 Å². The third-order valence-electron chi connectivity index (χ3n) is 3.60. The number of aromatic hydroxyl groups is 1. The minimum atomic E-state index is -0.517. The molecule has 0 radical (unpaired) electrons. The summed E-state index contributed by atoms with van der Waals surface area (Å²) in [6.45, 7) is 1.83. The van der Waals surface area contributed by atoms with Gasteiger partial charge in [0.2, 0.25) is 0 Å². The molecule has 1 heterocycles. The molecule has 1 saturated heterocycles. The first kappa shape index (κ1) is 13.8. The van der Waals surface area contributed by atoms with Crippen LogP contribution < -0.4 is 5.32 Å². The van der Waals surface area contributed by atoms with E-state index in [2.05, 4.69) is 5.32 Å². The number of nitrogens with zero attached hydrogens (tertiary/aromatic N) is 1. The number of halogens is 1. The zero-order valence-electron chi connectivity index (χ0n) is 11.0. The van der Waals surface area contributed by atoms with Gasteiger partial charge in [0, 0.05) is 13.1 Å². The summed E-state index contributed by atoms with van der Waals surface area (Å²) in [5.74, 6) is -1.02. The number of hydrogen-bond donors (Lipinski definition) is 2. The maximum Gasteiger partial charge on any atom is 0.257 e. The van der Waals surface area contributed by atoms with Crippen molar-refractivity contribution in [2.75, 3.05) is 20.1 Å². The third-order valence-corrected chi connectivity index (χ3v) is 3.60. The number of amides is 1. The minimum absolute atomic E-state index is 0.0275. The van der Waals surface area contributed by atoms with Crippen molar-refractivity contribution in [3.8, 4) is 5.75 Å². The summed E-state index contributed by atoms with van der Waals surface area (Å²) in [6.07, 6.45) is 2.81. The van der Waals surface area contributed by atoms with Crippen LogP contribution >= 0.6 is 0 Å². The van der Waals surface area contributed by atoms with Crippen LogP contribution in [-0.2, 0) is 0 Å². The van der Waals surface area contributed by atoms with E-state index in [0.29, 0.717) is 0 Å². The maximum atomic E-state index is 13.2. The van der Waals surface area contributed by atoms with E-state index in [0.717, 1.165) is 44.5 Å². The van der Waals surface area contributed by atoms with E-state index in [-0.39, 0.29) is 23.3 Å². The SMILES string of the molecule is CN(C(=O)c1cc(F)ccc1O)C1CCCNCC1. The highest BCUT2D eigenvalue weighted by Crippen LogP contribution is 2.22. The first-order valence-corrected chi connectivity index (χ1v) is 6.56. The molecule has 1 unspecified atom stereocenters. The summed E-state index contributed by atoms with van der Waals surface area (Å²) in [7, 11) is 1.71. The second-order valence-corrected chi connectivity index (χ2v) is 4.91. The summed E-state index contributed by atoms with van der Waals surface area (Å²) in [5.41, 5.74) is 0.0275. The number of benzene rings is 1. The van der Waals surface area contributed by atoms with Crippen LogP contribution in [0.25, 0.3) is 0 Å². The van der Waals surface area contributed by atoms with Crippen molar-refractivity contribution >= 4 is 5.91 Å². The van der Waals surface area contributed by atoms with Crippen LogP contribution in [-0.4, -0.2) is 42.1 Å². The molecule has 1 amide bonds. The molecule has 1 aromatic carbocycles. The molecule has 2 N–H and O–H groups in total. The van der Waals surface area contributed by atoms with Crippen LogP contribution in [0.15, 0.2) is 18.2 Å². The standard InChI is InChI=1S/C14H19FN2O2/c1-17(11-3-2-7-16-8-6-11)14(19)12-9-10(15)4-5-13(12)18/h4-5,9,11,16,18H,2-3,6-8H2,1H3. The molecular formula is C14H19FN2O2. The van der Waals surface area contributed by atoms with Crippen LogP contribution in [0, 0.1) is 5.82 Å². The van der Waals surface area contributed by atoms with Gasteiger partial charge in [-0.3, -0.25) is 4.79 Å². The quantitative estimate of drug-likeness (QED) is 0.857. The fraction of sp³-hybridized carbons (Fsp3) is 0.500. The fourth-order valence-corrected chi connectivity index (χ4v) is 2.42. The van der Waals surface area contributed by atoms with E-state index in [9.17, 15) is 14.3 Å². The lowest BCUT2D eigenvalue weighted by Crippen LogP contribution is -2.37. The molecule has 19 heavy (non-hydrogen) atoms. The molecule has 0 aliphatic carbocycles. The third kappa shape index (κ3) is 3.23. The Labute approximate surface area is 112 Å². The number of carbonyl (C=O) groups is 1. The van der Waals surface area contributed by atoms with Gasteiger partial charge in [0.15, 0.2) is 0 Å². The fourth-order valence-electron chi connectivity index (χ4n) is 2.42. The Morgan fingerprint density at radius 2 is 2.21 bits per heavy atom. The van der Waals surface area contributed by atoms with Gasteiger partial charge in [-0.15, -0.1) is 0 Å². The van der Waals surface area contributed by atoms with Gasteiger partial charge in [-0.2, -0.15) is 0 Å². The summed E-state index contributed by atoms with van der Waals surface area (Å²) >= 11 is 0. The molecule has 1 aliphatic heterocycles. The molecule has 1 aromatic rings. The van der Waals surface area contributed by atoms with E-state index >= 15 is 0 Å². The summed E-state index contributed by atoms with van der Waals surface area (Å²) in [5, 5.41) is 13.0. The van der Waals surface area contributed by atoms with Crippen molar-refractivity contribution < 1.29 is 14.3 Å². The lowest BCUT2D eigenvalue weighted by atomic mass is 10.1. The summed E-state index contributed by atoms with van der Waals surface area (Å²) in [6, 6.07) is 3.57. The van der Waals surface area contributed by atoms with Crippen molar-refractivity contribution in [3.63, 3.8) is 0 Å². The second kappa shape index (κ2) is 6.02. The number of hydrogen-bond acceptors (Lipinski definition) is 3. The van der Waals surface area contributed by atoms with Crippen LogP contribution in [0.3, 0.4) is 0 Å². The Kier molecular flexibility index (Phi) is 4.37. The Bertz CT molecular complexity index is 457. The molecule has 0 saturated carbocycles. The molecule has 0 aromatic heterocycles. The normalized spacial score (nSPS) is 19.8. The zero-order valence-corrected chi connectivity index (χ0v) is 11.0. The van der Waals surface area contributed by atoms with E-state index in [1.165, 1.54) is 6.07 Å². The highest BCUT2D eigenvalue weighted by molar-refractivity contribution is 5.96. The molecule has 5 heteroatoms. The van der Waals surface area contributed by atoms with Crippen LogP contribution in [0.1, 0.15) is 29.6 Å². The van der Waals surface area contributed by atoms with Crippen molar-refractivity contribution in [2.45, 2.75) is 25.3 Å². The van der Waals surface area contributed by atoms with Crippen molar-refractivity contribution in [2.24, 2.45) is 0 Å². The number of rotatable bonds is 2. The molecule has 1 aliphatic rings. The Hall–Kier alpha value is -1.62. The number of carbonyl (C=O) groups excluding carboxylic acids is 1. The zero-order chi connectivity index (χ0) is 13.8. The smallest absolute Gasteiger partial charge is 0.257 e. The second-order valence-electron chi connectivity index (χ2n) is 4.91. The predicted molar refractivity (Wildman–Crippen MR) is 70.7 cm³/mol. The number of phenolic OH excluding ortho intramolecular Hbond substituents is 1. The first-order valence-electron chi connectivity index (χ1n) is 6.56. The van der Waals surface area contributed by atoms with Gasteiger partial charge in [-0.25, -0.2) is 4.39 Å². The van der Waals surface area contributed by atoms with Crippen LogP contribution in [0.5, 0.6) is 5.75 Å². The molecular weight excluding hydrogens is 247 g/mol. The minimum Gasteiger partial charge on any atom is -0.507 e. The van der Waals surface area contributed by atoms with Crippen molar-refractivity contribution in [1.29, 1.82) is 0 Å². The van der Waals surface area contributed by atoms with Gasteiger partial charge in [-0.1, -0.05) is 0 Å². The highest BCUT2D eigenvalue weighted by atomic mass is 19.1. The highest BCUT2D eigenvalue weighted by Gasteiger charge is 2.24. The molecule has 1 fully saturated rings. The average molecular weight is 266 g/mol. The van der Waals surface area contributed by atoms with Gasteiger partial charge in [0.1, 0.15) is 11.6 Å². The molecule has 0 bridgehead atoms. The Morgan fingerprint density at radius 1 is 1.42 bits per heavy atom. The lowest BCUT2D eigenvalue weighted by molar-refractivity contribution is 0.0717. The van der Waals surface area contributed by atoms with Crippen molar-refractivity contribution in [1.82, 2.24) is 10.2 Å². The maximum absolute atomic E-state index is 13.2. The average Bonchev–Trinajstić information content (AvgIpc) is 2.69. The number of nitrogens with one attached hydrogen (secondary N) is 1. The largest absolute Gasteiger partial charge is 0.507 e. The number of phenols is 1. The summed E-state index contributed by atoms with van der Waals surface area (Å²) < 4.78 is 13.2. The molecule has 2 rings (SSSR count). The Balaban J connectivity index is 2.15. The molecule has 0 spiro atoms. The van der Waals surface area contributed by atoms with E-state index < -0.39 is 5.82 Å². The van der Waals surface area contributed by atoms with Gasteiger partial charge in [0.25, 0.3) is 5.91 Å². The predicted octanol–water partition coefficient (Wildman–Crippen LogP) is 1.75. The van der Waals surface area contributed by atoms with E-state index in [1.807, 2.05) is 0 Å². The monoisotopic (exact) mass is 266 g/mol. The Morgan fingerprint density at radius 3 is 3.00 bits per heavy atom. The first-order chi connectivity index (χ1) is 9.09. The van der Waals surface area contributed by atoms with Gasteiger partial charge in [0.05, 0.1) is 5.56 Å². The van der Waals surface area contributed by atoms with Crippen molar-refractivity contribution in [3.05, 3.63) is 29.6 Å². The summed E-state index contributed by atoms with van der Waals surface area (Å²) in [4.78, 5) is 13.9.